The van der Waals surface area contributed by atoms with Crippen LogP contribution in [0.1, 0.15) is 34.6 Å². The molecule has 0 fully saturated rings. The van der Waals surface area contributed by atoms with Gasteiger partial charge in [0.05, 0.1) is 33.3 Å². The van der Waals surface area contributed by atoms with Gasteiger partial charge in [-0.25, -0.2) is 22.9 Å². The van der Waals surface area contributed by atoms with Crippen LogP contribution in [0.25, 0.3) is 22.4 Å². The molecule has 0 radical (unpaired) electrons. The first-order valence-electron chi connectivity index (χ1n) is 9.60. The second-order valence-electron chi connectivity index (χ2n) is 7.29. The van der Waals surface area contributed by atoms with Gasteiger partial charge in [-0.3, -0.25) is 4.79 Å². The van der Waals surface area contributed by atoms with Crippen LogP contribution in [0.5, 0.6) is 0 Å². The van der Waals surface area contributed by atoms with E-state index in [0.29, 0.717) is 16.6 Å². The lowest BCUT2D eigenvalue weighted by molar-refractivity contribution is 0.0941. The number of rotatable bonds is 5. The molecule has 2 aromatic heterocycles. The van der Waals surface area contributed by atoms with Crippen LogP contribution < -0.4 is 10.5 Å². The molecule has 10 heteroatoms. The van der Waals surface area contributed by atoms with E-state index in [9.17, 15) is 17.6 Å². The smallest absolute Gasteiger partial charge is 0.259 e. The molecule has 0 aliphatic carbocycles. The van der Waals surface area contributed by atoms with Crippen molar-refractivity contribution >= 4 is 27.0 Å². The van der Waals surface area contributed by atoms with E-state index in [1.165, 1.54) is 24.3 Å². The number of hydrogen-bond acceptors (Lipinski definition) is 6. The van der Waals surface area contributed by atoms with E-state index in [1.54, 1.807) is 44.2 Å². The predicted octanol–water partition coefficient (Wildman–Crippen LogP) is 3.48. The summed E-state index contributed by atoms with van der Waals surface area (Å²) in [5, 5.41) is 12.3. The number of aryl methyl sites for hydroxylation is 1. The fourth-order valence-electron chi connectivity index (χ4n) is 3.38. The van der Waals surface area contributed by atoms with Gasteiger partial charge in [0, 0.05) is 5.56 Å². The van der Waals surface area contributed by atoms with E-state index < -0.39 is 27.8 Å². The summed E-state index contributed by atoms with van der Waals surface area (Å²) in [6.07, 6.45) is 0. The number of pyridine rings is 1. The highest BCUT2D eigenvalue weighted by Crippen LogP contribution is 2.29. The molecular formula is C22H19FN4O4S. The zero-order valence-electron chi connectivity index (χ0n) is 17.2. The maximum atomic E-state index is 14.3. The zero-order valence-corrected chi connectivity index (χ0v) is 18.0. The summed E-state index contributed by atoms with van der Waals surface area (Å²) >= 11 is 0. The van der Waals surface area contributed by atoms with Crippen LogP contribution in [0, 0.1) is 12.7 Å². The van der Waals surface area contributed by atoms with Crippen molar-refractivity contribution in [3.05, 3.63) is 77.2 Å². The average molecular weight is 454 g/mol. The first-order chi connectivity index (χ1) is 15.1. The van der Waals surface area contributed by atoms with E-state index in [-0.39, 0.29) is 27.4 Å². The number of aromatic nitrogens is 2. The van der Waals surface area contributed by atoms with Crippen molar-refractivity contribution in [3.8, 4) is 11.3 Å². The fraction of sp³-hybridized carbons (Fsp3) is 0.136. The Morgan fingerprint density at radius 2 is 1.84 bits per heavy atom. The molecule has 2 heterocycles. The Hall–Kier alpha value is -3.63. The Morgan fingerprint density at radius 3 is 2.50 bits per heavy atom. The van der Waals surface area contributed by atoms with Crippen LogP contribution in [-0.4, -0.2) is 24.5 Å². The highest BCUT2D eigenvalue weighted by atomic mass is 32.2. The van der Waals surface area contributed by atoms with Gasteiger partial charge < -0.3 is 9.84 Å². The minimum Gasteiger partial charge on any atom is -0.345 e. The van der Waals surface area contributed by atoms with Gasteiger partial charge in [-0.05, 0) is 49.7 Å². The number of hydrogen-bond donors (Lipinski definition) is 2. The highest BCUT2D eigenvalue weighted by molar-refractivity contribution is 7.89. The number of primary sulfonamides is 1. The van der Waals surface area contributed by atoms with E-state index in [0.717, 1.165) is 0 Å². The third-order valence-corrected chi connectivity index (χ3v) is 6.00. The molecule has 2 aromatic carbocycles. The zero-order chi connectivity index (χ0) is 23.0. The van der Waals surface area contributed by atoms with Crippen molar-refractivity contribution in [2.45, 2.75) is 24.8 Å². The number of nitrogens with two attached hydrogens (primary N) is 1. The van der Waals surface area contributed by atoms with Gasteiger partial charge in [0.1, 0.15) is 5.82 Å². The Morgan fingerprint density at radius 1 is 1.16 bits per heavy atom. The number of nitrogens with zero attached hydrogens (tertiary/aromatic N) is 2. The van der Waals surface area contributed by atoms with Crippen molar-refractivity contribution in [2.24, 2.45) is 5.14 Å². The number of amides is 1. The predicted molar refractivity (Wildman–Crippen MR) is 116 cm³/mol. The summed E-state index contributed by atoms with van der Waals surface area (Å²) in [6.45, 7) is 3.43. The molecule has 32 heavy (non-hydrogen) atoms. The Labute approximate surface area is 183 Å². The molecule has 1 amide bonds. The molecule has 164 valence electrons. The summed E-state index contributed by atoms with van der Waals surface area (Å²) < 4.78 is 42.4. The summed E-state index contributed by atoms with van der Waals surface area (Å²) in [5.41, 5.74) is 1.97. The van der Waals surface area contributed by atoms with Crippen LogP contribution in [0.3, 0.4) is 0 Å². The molecule has 3 N–H and O–H groups in total. The first-order valence-corrected chi connectivity index (χ1v) is 11.2. The largest absolute Gasteiger partial charge is 0.345 e. The lowest BCUT2D eigenvalue weighted by Crippen LogP contribution is -2.27. The molecule has 4 aromatic rings. The van der Waals surface area contributed by atoms with Crippen LogP contribution in [0.4, 0.5) is 4.39 Å². The fourth-order valence-corrected chi connectivity index (χ4v) is 3.90. The number of fused-ring (bicyclic) bond motifs is 1. The molecular weight excluding hydrogens is 435 g/mol. The number of nitrogens with one attached hydrogen (secondary N) is 1. The quantitative estimate of drug-likeness (QED) is 0.475. The highest BCUT2D eigenvalue weighted by Gasteiger charge is 2.22. The van der Waals surface area contributed by atoms with Crippen molar-refractivity contribution in [1.82, 2.24) is 15.5 Å². The lowest BCUT2D eigenvalue weighted by atomic mass is 10.0. The van der Waals surface area contributed by atoms with Crippen molar-refractivity contribution in [2.75, 3.05) is 0 Å². The van der Waals surface area contributed by atoms with Crippen molar-refractivity contribution in [3.63, 3.8) is 0 Å². The maximum Gasteiger partial charge on any atom is 0.259 e. The molecule has 0 saturated carbocycles. The molecule has 0 spiro atoms. The van der Waals surface area contributed by atoms with Crippen LogP contribution in [0.15, 0.2) is 64.0 Å². The third kappa shape index (κ3) is 4.10. The molecule has 4 rings (SSSR count). The van der Waals surface area contributed by atoms with Crippen LogP contribution >= 0.6 is 0 Å². The van der Waals surface area contributed by atoms with Gasteiger partial charge in [-0.15, -0.1) is 0 Å². The monoisotopic (exact) mass is 454 g/mol. The second kappa shape index (κ2) is 8.13. The molecule has 1 atom stereocenters. The second-order valence-corrected chi connectivity index (χ2v) is 8.85. The summed E-state index contributed by atoms with van der Waals surface area (Å²) in [4.78, 5) is 17.5. The normalized spacial score (nSPS) is 12.6. The van der Waals surface area contributed by atoms with Crippen molar-refractivity contribution in [1.29, 1.82) is 0 Å². The van der Waals surface area contributed by atoms with E-state index >= 15 is 0 Å². The van der Waals surface area contributed by atoms with Gasteiger partial charge in [0.15, 0.2) is 0 Å². The molecule has 1 unspecified atom stereocenters. The molecule has 0 bridgehead atoms. The van der Waals surface area contributed by atoms with Crippen molar-refractivity contribution < 1.29 is 22.1 Å². The van der Waals surface area contributed by atoms with E-state index in [1.807, 2.05) is 0 Å². The van der Waals surface area contributed by atoms with E-state index in [2.05, 4.69) is 15.5 Å². The van der Waals surface area contributed by atoms with Gasteiger partial charge >= 0.3 is 0 Å². The third-order valence-electron chi connectivity index (χ3n) is 5.07. The van der Waals surface area contributed by atoms with E-state index in [4.69, 9.17) is 9.66 Å². The summed E-state index contributed by atoms with van der Waals surface area (Å²) in [5.74, 6) is -0.922. The SMILES string of the molecule is Cc1noc2nc(-c3ccccc3F)cc(C(=O)NC(C)c3ccc(S(N)(=O)=O)cc3)c12. The average Bonchev–Trinajstić information content (AvgIpc) is 3.13. The standard InChI is InChI=1S/C22H19FN4O4S/c1-12(14-7-9-15(10-8-14)32(24,29)30)25-21(28)17-11-19(16-5-3-4-6-18(16)23)26-22-20(17)13(2)27-31-22/h3-12H,1-2H3,(H,25,28)(H2,24,29,30). The Balaban J connectivity index is 1.70. The first kappa shape index (κ1) is 21.6. The molecule has 0 aliphatic rings. The lowest BCUT2D eigenvalue weighted by Gasteiger charge is -2.15. The summed E-state index contributed by atoms with van der Waals surface area (Å²) in [7, 11) is -3.81. The number of carbonyl (C=O) groups excluding carboxylic acids is 1. The van der Waals surface area contributed by atoms with Gasteiger partial charge in [-0.2, -0.15) is 0 Å². The Bertz CT molecular complexity index is 1430. The number of sulfonamides is 1. The van der Waals surface area contributed by atoms with Crippen LogP contribution in [0.2, 0.25) is 0 Å². The Kier molecular flexibility index (Phi) is 5.49. The number of carbonyl (C=O) groups is 1. The van der Waals surface area contributed by atoms with Gasteiger partial charge in [0.2, 0.25) is 10.0 Å². The maximum absolute atomic E-state index is 14.3. The molecule has 0 aliphatic heterocycles. The minimum absolute atomic E-state index is 0.0229. The molecule has 8 nitrogen and oxygen atoms in total. The molecule has 0 saturated heterocycles. The number of halogens is 1. The minimum atomic E-state index is -3.81. The number of benzene rings is 2. The summed E-state index contributed by atoms with van der Waals surface area (Å²) in [6, 6.07) is 13.0. The topological polar surface area (TPSA) is 128 Å². The van der Waals surface area contributed by atoms with Gasteiger partial charge in [-0.1, -0.05) is 29.4 Å². The van der Waals surface area contributed by atoms with Gasteiger partial charge in [0.25, 0.3) is 11.6 Å². The van der Waals surface area contributed by atoms with Crippen LogP contribution in [-0.2, 0) is 10.0 Å².